The van der Waals surface area contributed by atoms with Crippen molar-refractivity contribution in [3.05, 3.63) is 47.0 Å². The quantitative estimate of drug-likeness (QED) is 0.434. The lowest BCUT2D eigenvalue weighted by Gasteiger charge is -2.12. The second-order valence-corrected chi connectivity index (χ2v) is 7.56. The molecule has 1 amide bonds. The van der Waals surface area contributed by atoms with E-state index < -0.39 is 0 Å². The second-order valence-electron chi connectivity index (χ2n) is 6.56. The molecule has 0 aliphatic carbocycles. The van der Waals surface area contributed by atoms with Gasteiger partial charge in [0.1, 0.15) is 5.75 Å². The van der Waals surface area contributed by atoms with E-state index >= 15 is 0 Å². The number of hydrogen-bond acceptors (Lipinski definition) is 6. The average Bonchev–Trinajstić information content (AvgIpc) is 3.12. The van der Waals surface area contributed by atoms with Crippen LogP contribution in [0.5, 0.6) is 5.75 Å². The summed E-state index contributed by atoms with van der Waals surface area (Å²) in [6, 6.07) is 9.09. The number of nitrogens with one attached hydrogen (secondary N) is 2. The third-order valence-corrected chi connectivity index (χ3v) is 5.64. The van der Waals surface area contributed by atoms with E-state index in [2.05, 4.69) is 27.8 Å². The van der Waals surface area contributed by atoms with Gasteiger partial charge in [0, 0.05) is 17.0 Å². The van der Waals surface area contributed by atoms with Gasteiger partial charge in [0.25, 0.3) is 5.91 Å². The molecule has 0 aliphatic rings. The molecule has 0 saturated heterocycles. The predicted octanol–water partition coefficient (Wildman–Crippen LogP) is 5.37. The molecule has 0 fully saturated rings. The van der Waals surface area contributed by atoms with Gasteiger partial charge in [-0.25, -0.2) is 4.98 Å². The predicted molar refractivity (Wildman–Crippen MR) is 117 cm³/mol. The van der Waals surface area contributed by atoms with Crippen molar-refractivity contribution in [1.82, 2.24) is 4.98 Å². The lowest BCUT2D eigenvalue weighted by Crippen LogP contribution is -2.14. The van der Waals surface area contributed by atoms with Crippen LogP contribution in [0.15, 0.2) is 35.4 Å². The number of anilines is 2. The molecule has 1 heterocycles. The number of nitrogens with zero attached hydrogens (tertiary/aromatic N) is 2. The minimum absolute atomic E-state index is 0.171. The minimum atomic E-state index is -0.171. The maximum atomic E-state index is 12.7. The molecule has 0 unspecified atom stereocenters. The Balaban J connectivity index is 1.91. The molecule has 6 nitrogen and oxygen atoms in total. The van der Waals surface area contributed by atoms with E-state index in [4.69, 9.17) is 4.74 Å². The van der Waals surface area contributed by atoms with Crippen LogP contribution in [0.25, 0.3) is 10.2 Å². The number of ether oxygens (including phenoxy) is 1. The fourth-order valence-electron chi connectivity index (χ4n) is 2.80. The molecule has 0 saturated carbocycles. The molecule has 0 bridgehead atoms. The summed E-state index contributed by atoms with van der Waals surface area (Å²) in [7, 11) is 1.58. The molecule has 0 spiro atoms. The Morgan fingerprint density at radius 2 is 2.07 bits per heavy atom. The monoisotopic (exact) mass is 396 g/mol. The molecule has 2 aromatic carbocycles. The number of aromatic nitrogens is 1. The zero-order chi connectivity index (χ0) is 20.3. The first-order chi connectivity index (χ1) is 13.4. The summed E-state index contributed by atoms with van der Waals surface area (Å²) in [4.78, 5) is 17.3. The summed E-state index contributed by atoms with van der Waals surface area (Å²) in [5.74, 6) is 0.480. The van der Waals surface area contributed by atoms with Gasteiger partial charge in [-0.2, -0.15) is 5.10 Å². The zero-order valence-corrected chi connectivity index (χ0v) is 17.5. The van der Waals surface area contributed by atoms with Crippen molar-refractivity contribution in [1.29, 1.82) is 0 Å². The number of hydrazone groups is 1. The number of carbonyl (C=O) groups is 1. The number of carbonyl (C=O) groups excluding carboxylic acids is 1. The van der Waals surface area contributed by atoms with E-state index in [0.29, 0.717) is 11.3 Å². The van der Waals surface area contributed by atoms with Gasteiger partial charge in [-0.1, -0.05) is 24.3 Å². The van der Waals surface area contributed by atoms with Crippen molar-refractivity contribution >= 4 is 44.0 Å². The highest BCUT2D eigenvalue weighted by Crippen LogP contribution is 2.35. The summed E-state index contributed by atoms with van der Waals surface area (Å²) in [6.45, 7) is 8.00. The molecular weight excluding hydrogens is 372 g/mol. The van der Waals surface area contributed by atoms with Crippen molar-refractivity contribution in [3.8, 4) is 5.75 Å². The number of rotatable bonds is 6. The maximum absolute atomic E-state index is 12.7. The molecule has 0 radical (unpaired) electrons. The van der Waals surface area contributed by atoms with Crippen molar-refractivity contribution in [2.24, 2.45) is 5.10 Å². The Labute approximate surface area is 168 Å². The Hall–Kier alpha value is -2.93. The summed E-state index contributed by atoms with van der Waals surface area (Å²) in [6.07, 6.45) is 0.885. The molecule has 3 aromatic rings. The van der Waals surface area contributed by atoms with Gasteiger partial charge >= 0.3 is 0 Å². The molecular formula is C21H24N4O2S. The maximum Gasteiger partial charge on any atom is 0.255 e. The van der Waals surface area contributed by atoms with Gasteiger partial charge in [0.15, 0.2) is 0 Å². The molecule has 2 N–H and O–H groups in total. The standard InChI is InChI=1S/C21H24N4O2S/c1-6-13(3)24-25-21-22-17-10-12(2)18(14(4)19(17)28-21)23-20(26)15-8-7-9-16(11-15)27-5/h7-11H,6H2,1-5H3,(H,22,25)(H,23,26)/b24-13+. The normalized spacial score (nSPS) is 11.5. The molecule has 28 heavy (non-hydrogen) atoms. The van der Waals surface area contributed by atoms with Gasteiger partial charge in [-0.15, -0.1) is 0 Å². The van der Waals surface area contributed by atoms with Crippen LogP contribution in [-0.4, -0.2) is 23.7 Å². The van der Waals surface area contributed by atoms with E-state index in [9.17, 15) is 4.79 Å². The van der Waals surface area contributed by atoms with Crippen LogP contribution in [0.2, 0.25) is 0 Å². The Kier molecular flexibility index (Phi) is 5.94. The Morgan fingerprint density at radius 3 is 2.79 bits per heavy atom. The molecule has 3 rings (SSSR count). The van der Waals surface area contributed by atoms with Gasteiger partial charge in [-0.05, 0) is 62.6 Å². The number of fused-ring (bicyclic) bond motifs is 1. The Bertz CT molecular complexity index is 1060. The number of hydrogen-bond donors (Lipinski definition) is 2. The number of benzene rings is 2. The van der Waals surface area contributed by atoms with E-state index in [0.717, 1.165) is 44.3 Å². The van der Waals surface area contributed by atoms with Crippen LogP contribution in [0.1, 0.15) is 41.8 Å². The summed E-state index contributed by atoms with van der Waals surface area (Å²) < 4.78 is 6.23. The topological polar surface area (TPSA) is 75.6 Å². The molecule has 0 aliphatic heterocycles. The van der Waals surface area contributed by atoms with Crippen LogP contribution >= 0.6 is 11.3 Å². The van der Waals surface area contributed by atoms with Crippen LogP contribution in [-0.2, 0) is 0 Å². The fraction of sp³-hybridized carbons (Fsp3) is 0.286. The Morgan fingerprint density at radius 1 is 1.29 bits per heavy atom. The number of amides is 1. The second kappa shape index (κ2) is 8.39. The summed E-state index contributed by atoms with van der Waals surface area (Å²) >= 11 is 1.53. The number of methoxy groups -OCH3 is 1. The summed E-state index contributed by atoms with van der Waals surface area (Å²) in [5.41, 5.74) is 8.25. The van der Waals surface area contributed by atoms with E-state index in [1.807, 2.05) is 32.9 Å². The van der Waals surface area contributed by atoms with Crippen molar-refractivity contribution in [2.75, 3.05) is 17.9 Å². The van der Waals surface area contributed by atoms with Crippen molar-refractivity contribution in [2.45, 2.75) is 34.1 Å². The highest BCUT2D eigenvalue weighted by Gasteiger charge is 2.15. The van der Waals surface area contributed by atoms with Crippen LogP contribution in [0.3, 0.4) is 0 Å². The highest BCUT2D eigenvalue weighted by molar-refractivity contribution is 7.22. The van der Waals surface area contributed by atoms with Crippen LogP contribution in [0, 0.1) is 13.8 Å². The van der Waals surface area contributed by atoms with Crippen LogP contribution < -0.4 is 15.5 Å². The highest BCUT2D eigenvalue weighted by atomic mass is 32.1. The smallest absolute Gasteiger partial charge is 0.255 e. The zero-order valence-electron chi connectivity index (χ0n) is 16.7. The van der Waals surface area contributed by atoms with E-state index in [1.165, 1.54) is 11.3 Å². The first-order valence-corrected chi connectivity index (χ1v) is 9.90. The van der Waals surface area contributed by atoms with Gasteiger partial charge in [0.05, 0.1) is 17.3 Å². The minimum Gasteiger partial charge on any atom is -0.497 e. The fourth-order valence-corrected chi connectivity index (χ4v) is 3.69. The number of thiazole rings is 1. The van der Waals surface area contributed by atoms with E-state index in [-0.39, 0.29) is 5.91 Å². The number of aryl methyl sites for hydroxylation is 2. The summed E-state index contributed by atoms with van der Waals surface area (Å²) in [5, 5.41) is 8.10. The first-order valence-electron chi connectivity index (χ1n) is 9.08. The molecule has 7 heteroatoms. The third kappa shape index (κ3) is 4.14. The third-order valence-electron chi connectivity index (χ3n) is 4.54. The average molecular weight is 397 g/mol. The first kappa shape index (κ1) is 19.8. The van der Waals surface area contributed by atoms with Gasteiger partial charge in [-0.3, -0.25) is 10.2 Å². The SMILES string of the molecule is CC/C(C)=N/Nc1nc2cc(C)c(NC(=O)c3cccc(OC)c3)c(C)c2s1. The van der Waals surface area contributed by atoms with Crippen LogP contribution in [0.4, 0.5) is 10.8 Å². The van der Waals surface area contributed by atoms with E-state index in [1.54, 1.807) is 25.3 Å². The van der Waals surface area contributed by atoms with Gasteiger partial charge in [0.2, 0.25) is 5.13 Å². The molecule has 0 atom stereocenters. The molecule has 146 valence electrons. The van der Waals surface area contributed by atoms with Crippen molar-refractivity contribution in [3.63, 3.8) is 0 Å². The van der Waals surface area contributed by atoms with Crippen molar-refractivity contribution < 1.29 is 9.53 Å². The lowest BCUT2D eigenvalue weighted by atomic mass is 10.1. The molecule has 1 aromatic heterocycles. The van der Waals surface area contributed by atoms with Gasteiger partial charge < -0.3 is 10.1 Å². The lowest BCUT2D eigenvalue weighted by molar-refractivity contribution is 0.102. The largest absolute Gasteiger partial charge is 0.497 e.